The van der Waals surface area contributed by atoms with E-state index in [9.17, 15) is 0 Å². The molecule has 90 valence electrons. The van der Waals surface area contributed by atoms with Crippen molar-refractivity contribution in [1.82, 2.24) is 15.2 Å². The van der Waals surface area contributed by atoms with Gasteiger partial charge in [0.1, 0.15) is 0 Å². The van der Waals surface area contributed by atoms with E-state index in [4.69, 9.17) is 10.2 Å². The van der Waals surface area contributed by atoms with E-state index < -0.39 is 0 Å². The fourth-order valence-corrected chi connectivity index (χ4v) is 1.82. The van der Waals surface area contributed by atoms with Crippen molar-refractivity contribution in [2.75, 3.05) is 0 Å². The van der Waals surface area contributed by atoms with Crippen molar-refractivity contribution in [3.05, 3.63) is 42.4 Å². The Morgan fingerprint density at radius 2 is 2.06 bits per heavy atom. The van der Waals surface area contributed by atoms with Gasteiger partial charge in [0.2, 0.25) is 11.8 Å². The van der Waals surface area contributed by atoms with Crippen LogP contribution in [-0.2, 0) is 0 Å². The van der Waals surface area contributed by atoms with Gasteiger partial charge in [0, 0.05) is 17.1 Å². The zero-order chi connectivity index (χ0) is 12.5. The highest BCUT2D eigenvalue weighted by atomic mass is 16.4. The molecule has 0 aliphatic heterocycles. The average Bonchev–Trinajstić information content (AvgIpc) is 2.87. The highest BCUT2D eigenvalue weighted by molar-refractivity contribution is 5.92. The van der Waals surface area contributed by atoms with Gasteiger partial charge in [-0.2, -0.15) is 0 Å². The zero-order valence-electron chi connectivity index (χ0n) is 9.87. The number of hydrogen-bond acceptors (Lipinski definition) is 5. The Kier molecular flexibility index (Phi) is 2.53. The number of fused-ring (bicyclic) bond motifs is 1. The van der Waals surface area contributed by atoms with Crippen LogP contribution >= 0.6 is 0 Å². The summed E-state index contributed by atoms with van der Waals surface area (Å²) in [5.41, 5.74) is 7.48. The third-order valence-electron chi connectivity index (χ3n) is 2.71. The summed E-state index contributed by atoms with van der Waals surface area (Å²) < 4.78 is 5.56. The number of nitrogens with two attached hydrogens (primary N) is 1. The van der Waals surface area contributed by atoms with Crippen LogP contribution in [0.5, 0.6) is 0 Å². The zero-order valence-corrected chi connectivity index (χ0v) is 9.87. The molecule has 0 bridgehead atoms. The molecular formula is C13H12N4O. The minimum Gasteiger partial charge on any atom is -0.419 e. The summed E-state index contributed by atoms with van der Waals surface area (Å²) in [7, 11) is 0. The SMILES string of the molecule is CC(N)c1nnc(-c2cccc3ncccc23)o1. The van der Waals surface area contributed by atoms with Gasteiger partial charge in [0.15, 0.2) is 0 Å². The van der Waals surface area contributed by atoms with Crippen LogP contribution in [0.1, 0.15) is 18.9 Å². The van der Waals surface area contributed by atoms with Crippen LogP contribution in [0, 0.1) is 0 Å². The standard InChI is InChI=1S/C13H12N4O/c1-8(14)12-16-17-13(18-12)10-4-2-6-11-9(10)5-3-7-15-11/h2-8H,14H2,1H3. The van der Waals surface area contributed by atoms with Crippen LogP contribution in [0.2, 0.25) is 0 Å². The summed E-state index contributed by atoms with van der Waals surface area (Å²) in [5.74, 6) is 0.909. The molecule has 0 aliphatic rings. The molecule has 0 amide bonds. The van der Waals surface area contributed by atoms with Crippen LogP contribution in [-0.4, -0.2) is 15.2 Å². The molecule has 1 unspecified atom stereocenters. The van der Waals surface area contributed by atoms with E-state index in [-0.39, 0.29) is 6.04 Å². The second kappa shape index (κ2) is 4.19. The first-order valence-corrected chi connectivity index (χ1v) is 5.69. The van der Waals surface area contributed by atoms with E-state index in [1.807, 2.05) is 37.3 Å². The predicted molar refractivity (Wildman–Crippen MR) is 67.6 cm³/mol. The largest absolute Gasteiger partial charge is 0.419 e. The van der Waals surface area contributed by atoms with Gasteiger partial charge in [0.05, 0.1) is 11.6 Å². The van der Waals surface area contributed by atoms with E-state index in [0.29, 0.717) is 11.8 Å². The molecule has 0 saturated carbocycles. The first-order valence-electron chi connectivity index (χ1n) is 5.69. The summed E-state index contributed by atoms with van der Waals surface area (Å²) in [4.78, 5) is 4.29. The number of nitrogens with zero attached hydrogens (tertiary/aromatic N) is 3. The third kappa shape index (κ3) is 1.74. The Labute approximate surface area is 104 Å². The van der Waals surface area contributed by atoms with Gasteiger partial charge in [-0.1, -0.05) is 12.1 Å². The smallest absolute Gasteiger partial charge is 0.248 e. The molecule has 18 heavy (non-hydrogen) atoms. The van der Waals surface area contributed by atoms with Crippen LogP contribution in [0.15, 0.2) is 40.9 Å². The molecular weight excluding hydrogens is 228 g/mol. The van der Waals surface area contributed by atoms with Crippen molar-refractivity contribution in [2.24, 2.45) is 5.73 Å². The number of hydrogen-bond donors (Lipinski definition) is 1. The minimum atomic E-state index is -0.264. The van der Waals surface area contributed by atoms with E-state index in [2.05, 4.69) is 15.2 Å². The lowest BCUT2D eigenvalue weighted by Gasteiger charge is -2.01. The van der Waals surface area contributed by atoms with Crippen LogP contribution in [0.3, 0.4) is 0 Å². The Balaban J connectivity index is 2.18. The van der Waals surface area contributed by atoms with Gasteiger partial charge in [-0.05, 0) is 25.1 Å². The minimum absolute atomic E-state index is 0.264. The van der Waals surface area contributed by atoms with E-state index in [1.54, 1.807) is 6.20 Å². The molecule has 1 aromatic carbocycles. The van der Waals surface area contributed by atoms with Crippen molar-refractivity contribution in [2.45, 2.75) is 13.0 Å². The van der Waals surface area contributed by atoms with Gasteiger partial charge >= 0.3 is 0 Å². The van der Waals surface area contributed by atoms with Gasteiger partial charge < -0.3 is 10.2 Å². The maximum absolute atomic E-state index is 5.71. The number of aromatic nitrogens is 3. The molecule has 0 spiro atoms. The Bertz CT molecular complexity index is 685. The average molecular weight is 240 g/mol. The molecule has 5 nitrogen and oxygen atoms in total. The first-order chi connectivity index (χ1) is 8.75. The molecule has 3 aromatic rings. The molecule has 1 atom stereocenters. The normalized spacial score (nSPS) is 12.8. The highest BCUT2D eigenvalue weighted by Gasteiger charge is 2.13. The lowest BCUT2D eigenvalue weighted by atomic mass is 10.1. The molecule has 3 rings (SSSR count). The molecule has 0 aliphatic carbocycles. The van der Waals surface area contributed by atoms with E-state index >= 15 is 0 Å². The van der Waals surface area contributed by atoms with Crippen molar-refractivity contribution < 1.29 is 4.42 Å². The Morgan fingerprint density at radius 1 is 1.17 bits per heavy atom. The molecule has 2 N–H and O–H groups in total. The quantitative estimate of drug-likeness (QED) is 0.743. The topological polar surface area (TPSA) is 77.8 Å². The monoisotopic (exact) mass is 240 g/mol. The molecule has 0 radical (unpaired) electrons. The molecule has 0 fully saturated rings. The van der Waals surface area contributed by atoms with Crippen molar-refractivity contribution in [1.29, 1.82) is 0 Å². The number of pyridine rings is 1. The maximum Gasteiger partial charge on any atom is 0.248 e. The summed E-state index contributed by atoms with van der Waals surface area (Å²) in [6, 6.07) is 9.39. The summed E-state index contributed by atoms with van der Waals surface area (Å²) in [5, 5.41) is 8.96. The lowest BCUT2D eigenvalue weighted by Crippen LogP contribution is -2.04. The summed E-state index contributed by atoms with van der Waals surface area (Å²) in [6.45, 7) is 1.81. The fourth-order valence-electron chi connectivity index (χ4n) is 1.82. The summed E-state index contributed by atoms with van der Waals surface area (Å²) >= 11 is 0. The molecule has 0 saturated heterocycles. The third-order valence-corrected chi connectivity index (χ3v) is 2.71. The highest BCUT2D eigenvalue weighted by Crippen LogP contribution is 2.27. The van der Waals surface area contributed by atoms with E-state index in [1.165, 1.54) is 0 Å². The number of rotatable bonds is 2. The van der Waals surface area contributed by atoms with Crippen LogP contribution < -0.4 is 5.73 Å². The predicted octanol–water partition coefficient (Wildman–Crippen LogP) is 2.30. The molecule has 2 heterocycles. The van der Waals surface area contributed by atoms with Crippen molar-refractivity contribution in [3.8, 4) is 11.5 Å². The molecule has 2 aromatic heterocycles. The lowest BCUT2D eigenvalue weighted by molar-refractivity contribution is 0.474. The van der Waals surface area contributed by atoms with Gasteiger partial charge in [-0.25, -0.2) is 0 Å². The van der Waals surface area contributed by atoms with E-state index in [0.717, 1.165) is 16.5 Å². The maximum atomic E-state index is 5.71. The fraction of sp³-hybridized carbons (Fsp3) is 0.154. The van der Waals surface area contributed by atoms with Gasteiger partial charge in [0.25, 0.3) is 0 Å². The van der Waals surface area contributed by atoms with Gasteiger partial charge in [-0.15, -0.1) is 10.2 Å². The van der Waals surface area contributed by atoms with Crippen LogP contribution in [0.25, 0.3) is 22.4 Å². The Morgan fingerprint density at radius 3 is 2.83 bits per heavy atom. The summed E-state index contributed by atoms with van der Waals surface area (Å²) in [6.07, 6.45) is 1.76. The van der Waals surface area contributed by atoms with Crippen LogP contribution in [0.4, 0.5) is 0 Å². The molecule has 5 heteroatoms. The number of benzene rings is 1. The van der Waals surface area contributed by atoms with Crippen molar-refractivity contribution in [3.63, 3.8) is 0 Å². The van der Waals surface area contributed by atoms with Gasteiger partial charge in [-0.3, -0.25) is 4.98 Å². The Hall–Kier alpha value is -2.27. The second-order valence-corrected chi connectivity index (χ2v) is 4.11. The van der Waals surface area contributed by atoms with Crippen molar-refractivity contribution >= 4 is 10.9 Å². The first kappa shape index (κ1) is 10.9. The second-order valence-electron chi connectivity index (χ2n) is 4.11.